The second-order valence-electron chi connectivity index (χ2n) is 5.89. The molecule has 0 unspecified atom stereocenters. The van der Waals surface area contributed by atoms with E-state index in [0.29, 0.717) is 6.04 Å². The lowest BCUT2D eigenvalue weighted by atomic mass is 10.0. The molecule has 1 aliphatic heterocycles. The Morgan fingerprint density at radius 2 is 1.95 bits per heavy atom. The summed E-state index contributed by atoms with van der Waals surface area (Å²) < 4.78 is 2.12. The van der Waals surface area contributed by atoms with Crippen LogP contribution in [-0.4, -0.2) is 40.4 Å². The first kappa shape index (κ1) is 14.5. The number of rotatable bonds is 5. The maximum absolute atomic E-state index is 4.82. The van der Waals surface area contributed by atoms with Gasteiger partial charge in [-0.05, 0) is 32.4 Å². The SMILES string of the molecule is CCNC1CCN(Cc2nn(CC)c3ccccc23)CC1. The van der Waals surface area contributed by atoms with E-state index in [4.69, 9.17) is 5.10 Å². The molecule has 21 heavy (non-hydrogen) atoms. The minimum absolute atomic E-state index is 0.705. The van der Waals surface area contributed by atoms with E-state index in [0.717, 1.165) is 19.6 Å². The minimum Gasteiger partial charge on any atom is -0.314 e. The molecule has 0 aliphatic carbocycles. The van der Waals surface area contributed by atoms with Gasteiger partial charge in [0.25, 0.3) is 0 Å². The summed E-state index contributed by atoms with van der Waals surface area (Å²) in [4.78, 5) is 2.54. The maximum Gasteiger partial charge on any atom is 0.0843 e. The van der Waals surface area contributed by atoms with Crippen LogP contribution in [0.1, 0.15) is 32.4 Å². The molecule has 0 atom stereocenters. The molecule has 0 saturated carbocycles. The summed E-state index contributed by atoms with van der Waals surface area (Å²) in [6.45, 7) is 9.68. The fourth-order valence-corrected chi connectivity index (χ4v) is 3.35. The number of fused-ring (bicyclic) bond motifs is 1. The molecule has 4 heteroatoms. The Bertz CT molecular complexity index is 581. The van der Waals surface area contributed by atoms with Crippen molar-refractivity contribution in [1.29, 1.82) is 0 Å². The van der Waals surface area contributed by atoms with Gasteiger partial charge in [0.15, 0.2) is 0 Å². The van der Waals surface area contributed by atoms with Gasteiger partial charge in [-0.3, -0.25) is 9.58 Å². The summed E-state index contributed by atoms with van der Waals surface area (Å²) >= 11 is 0. The molecule has 0 amide bonds. The molecule has 0 radical (unpaired) electrons. The van der Waals surface area contributed by atoms with Gasteiger partial charge < -0.3 is 5.32 Å². The van der Waals surface area contributed by atoms with Gasteiger partial charge in [0, 0.05) is 37.6 Å². The van der Waals surface area contributed by atoms with Crippen LogP contribution in [0.25, 0.3) is 10.9 Å². The third kappa shape index (κ3) is 3.11. The molecule has 1 saturated heterocycles. The molecule has 1 aliphatic rings. The van der Waals surface area contributed by atoms with Gasteiger partial charge in [0.2, 0.25) is 0 Å². The van der Waals surface area contributed by atoms with Gasteiger partial charge in [-0.15, -0.1) is 0 Å². The van der Waals surface area contributed by atoms with Crippen LogP contribution in [0, 0.1) is 0 Å². The standard InChI is InChI=1S/C17H26N4/c1-3-18-14-9-11-20(12-10-14)13-16-15-7-5-6-8-17(15)21(4-2)19-16/h5-8,14,18H,3-4,9-13H2,1-2H3. The molecule has 114 valence electrons. The van der Waals surface area contributed by atoms with Crippen molar-refractivity contribution >= 4 is 10.9 Å². The van der Waals surface area contributed by atoms with Gasteiger partial charge >= 0.3 is 0 Å². The minimum atomic E-state index is 0.705. The van der Waals surface area contributed by atoms with Crippen molar-refractivity contribution in [3.63, 3.8) is 0 Å². The highest BCUT2D eigenvalue weighted by Gasteiger charge is 2.20. The van der Waals surface area contributed by atoms with Crippen molar-refractivity contribution in [2.24, 2.45) is 0 Å². The van der Waals surface area contributed by atoms with Crippen LogP contribution < -0.4 is 5.32 Å². The highest BCUT2D eigenvalue weighted by Crippen LogP contribution is 2.21. The molecule has 2 heterocycles. The molecule has 0 spiro atoms. The van der Waals surface area contributed by atoms with Crippen LogP contribution in [-0.2, 0) is 13.1 Å². The van der Waals surface area contributed by atoms with Gasteiger partial charge in [-0.1, -0.05) is 25.1 Å². The Hall–Kier alpha value is -1.39. The zero-order chi connectivity index (χ0) is 14.7. The van der Waals surface area contributed by atoms with Crippen LogP contribution in [0.15, 0.2) is 24.3 Å². The maximum atomic E-state index is 4.82. The van der Waals surface area contributed by atoms with E-state index in [1.165, 1.54) is 42.5 Å². The average molecular weight is 286 g/mol. The second kappa shape index (κ2) is 6.58. The predicted octanol–water partition coefficient (Wildman–Crippen LogP) is 2.63. The van der Waals surface area contributed by atoms with E-state index in [-0.39, 0.29) is 0 Å². The zero-order valence-electron chi connectivity index (χ0n) is 13.2. The number of nitrogens with one attached hydrogen (secondary N) is 1. The number of hydrogen-bond donors (Lipinski definition) is 1. The van der Waals surface area contributed by atoms with Crippen molar-refractivity contribution in [2.75, 3.05) is 19.6 Å². The van der Waals surface area contributed by atoms with Gasteiger partial charge in [-0.2, -0.15) is 5.10 Å². The summed E-state index contributed by atoms with van der Waals surface area (Å²) in [5.41, 5.74) is 2.49. The third-order valence-electron chi connectivity index (χ3n) is 4.49. The Morgan fingerprint density at radius 3 is 2.67 bits per heavy atom. The fourth-order valence-electron chi connectivity index (χ4n) is 3.35. The number of hydrogen-bond acceptors (Lipinski definition) is 3. The van der Waals surface area contributed by atoms with Crippen molar-refractivity contribution in [1.82, 2.24) is 20.0 Å². The van der Waals surface area contributed by atoms with Crippen LogP contribution in [0.3, 0.4) is 0 Å². The van der Waals surface area contributed by atoms with E-state index >= 15 is 0 Å². The van der Waals surface area contributed by atoms with Crippen molar-refractivity contribution in [3.8, 4) is 0 Å². The Morgan fingerprint density at radius 1 is 1.19 bits per heavy atom. The molecular weight excluding hydrogens is 260 g/mol. The molecule has 1 aromatic carbocycles. The smallest absolute Gasteiger partial charge is 0.0843 e. The lowest BCUT2D eigenvalue weighted by Gasteiger charge is -2.31. The highest BCUT2D eigenvalue weighted by molar-refractivity contribution is 5.81. The summed E-state index contributed by atoms with van der Waals surface area (Å²) in [5, 5.41) is 9.70. The first-order chi connectivity index (χ1) is 10.3. The van der Waals surface area contributed by atoms with E-state index in [1.807, 2.05) is 0 Å². The Balaban J connectivity index is 1.71. The summed E-state index contributed by atoms with van der Waals surface area (Å²) in [6, 6.07) is 9.30. The Kier molecular flexibility index (Phi) is 4.56. The summed E-state index contributed by atoms with van der Waals surface area (Å²) in [6.07, 6.45) is 2.50. The molecule has 4 nitrogen and oxygen atoms in total. The number of aromatic nitrogens is 2. The molecule has 2 aromatic rings. The predicted molar refractivity (Wildman–Crippen MR) is 87.4 cm³/mol. The fraction of sp³-hybridized carbons (Fsp3) is 0.588. The molecule has 1 N–H and O–H groups in total. The van der Waals surface area contributed by atoms with Gasteiger partial charge in [0.1, 0.15) is 0 Å². The number of para-hydroxylation sites is 1. The largest absolute Gasteiger partial charge is 0.314 e. The van der Waals surface area contributed by atoms with E-state index < -0.39 is 0 Å². The lowest BCUT2D eigenvalue weighted by Crippen LogP contribution is -2.42. The number of likely N-dealkylation sites (tertiary alicyclic amines) is 1. The Labute approximate surface area is 127 Å². The topological polar surface area (TPSA) is 33.1 Å². The van der Waals surface area contributed by atoms with E-state index in [2.05, 4.69) is 53.0 Å². The highest BCUT2D eigenvalue weighted by atomic mass is 15.3. The molecule has 3 rings (SSSR count). The first-order valence-corrected chi connectivity index (χ1v) is 8.22. The second-order valence-corrected chi connectivity index (χ2v) is 5.89. The lowest BCUT2D eigenvalue weighted by molar-refractivity contribution is 0.190. The van der Waals surface area contributed by atoms with Crippen molar-refractivity contribution < 1.29 is 0 Å². The molecule has 1 aromatic heterocycles. The number of nitrogens with zero attached hydrogens (tertiary/aromatic N) is 3. The molecule has 1 fully saturated rings. The first-order valence-electron chi connectivity index (χ1n) is 8.22. The third-order valence-corrected chi connectivity index (χ3v) is 4.49. The number of aryl methyl sites for hydroxylation is 1. The van der Waals surface area contributed by atoms with Gasteiger partial charge in [-0.25, -0.2) is 0 Å². The van der Waals surface area contributed by atoms with Crippen LogP contribution in [0.2, 0.25) is 0 Å². The normalized spacial score (nSPS) is 17.6. The summed E-state index contributed by atoms with van der Waals surface area (Å²) in [7, 11) is 0. The quantitative estimate of drug-likeness (QED) is 0.917. The van der Waals surface area contributed by atoms with E-state index in [1.54, 1.807) is 0 Å². The molecule has 0 bridgehead atoms. The molecular formula is C17H26N4. The van der Waals surface area contributed by atoms with Gasteiger partial charge in [0.05, 0.1) is 11.2 Å². The van der Waals surface area contributed by atoms with Crippen LogP contribution in [0.5, 0.6) is 0 Å². The monoisotopic (exact) mass is 286 g/mol. The van der Waals surface area contributed by atoms with Crippen molar-refractivity contribution in [2.45, 2.75) is 45.8 Å². The van der Waals surface area contributed by atoms with Crippen LogP contribution >= 0.6 is 0 Å². The number of piperidine rings is 1. The van der Waals surface area contributed by atoms with Crippen LogP contribution in [0.4, 0.5) is 0 Å². The van der Waals surface area contributed by atoms with E-state index in [9.17, 15) is 0 Å². The summed E-state index contributed by atoms with van der Waals surface area (Å²) in [5.74, 6) is 0. The van der Waals surface area contributed by atoms with Crippen molar-refractivity contribution in [3.05, 3.63) is 30.0 Å². The average Bonchev–Trinajstić information content (AvgIpc) is 2.88. The number of benzene rings is 1. The zero-order valence-corrected chi connectivity index (χ0v) is 13.2.